The molecule has 6 nitrogen and oxygen atoms in total. The van der Waals surface area contributed by atoms with Gasteiger partial charge in [0.15, 0.2) is 11.5 Å². The van der Waals surface area contributed by atoms with Crippen molar-refractivity contribution in [2.45, 2.75) is 6.92 Å². The zero-order chi connectivity index (χ0) is 19.1. The molecule has 0 atom stereocenters. The molecule has 138 valence electrons. The van der Waals surface area contributed by atoms with E-state index in [4.69, 9.17) is 9.47 Å². The van der Waals surface area contributed by atoms with E-state index < -0.39 is 0 Å². The summed E-state index contributed by atoms with van der Waals surface area (Å²) in [5, 5.41) is 5.28. The predicted molar refractivity (Wildman–Crippen MR) is 104 cm³/mol. The lowest BCUT2D eigenvalue weighted by molar-refractivity contribution is -0.121. The molecule has 3 rings (SSSR count). The number of benzene rings is 2. The normalized spacial score (nSPS) is 12.5. The molecule has 1 heterocycles. The zero-order valence-corrected chi connectivity index (χ0v) is 14.9. The summed E-state index contributed by atoms with van der Waals surface area (Å²) in [5.74, 6) is 0.812. The Morgan fingerprint density at radius 3 is 2.78 bits per heavy atom. The molecule has 0 saturated heterocycles. The highest BCUT2D eigenvalue weighted by Gasteiger charge is 2.11. The fourth-order valence-corrected chi connectivity index (χ4v) is 2.48. The molecule has 27 heavy (non-hydrogen) atoms. The molecule has 2 aromatic carbocycles. The van der Waals surface area contributed by atoms with Crippen molar-refractivity contribution in [1.82, 2.24) is 5.32 Å². The van der Waals surface area contributed by atoms with Gasteiger partial charge in [0.2, 0.25) is 18.6 Å². The molecule has 0 fully saturated rings. The smallest absolute Gasteiger partial charge is 0.244 e. The molecule has 0 radical (unpaired) electrons. The third kappa shape index (κ3) is 5.47. The van der Waals surface area contributed by atoms with E-state index in [2.05, 4.69) is 10.6 Å². The van der Waals surface area contributed by atoms with Crippen LogP contribution in [-0.4, -0.2) is 25.2 Å². The summed E-state index contributed by atoms with van der Waals surface area (Å²) in [6.45, 7) is 2.09. The maximum absolute atomic E-state index is 11.9. The molecule has 1 aliphatic heterocycles. The SMILES string of the molecule is Cc1cccc(NC(=O)CNC(=O)/C=C/C=C/c2ccc3c(c2)OCO3)c1. The van der Waals surface area contributed by atoms with Gasteiger partial charge in [-0.2, -0.15) is 0 Å². The molecule has 2 aromatic rings. The van der Waals surface area contributed by atoms with E-state index in [-0.39, 0.29) is 25.2 Å². The third-order valence-electron chi connectivity index (χ3n) is 3.77. The van der Waals surface area contributed by atoms with E-state index >= 15 is 0 Å². The Labute approximate surface area is 157 Å². The van der Waals surface area contributed by atoms with Crippen molar-refractivity contribution < 1.29 is 19.1 Å². The Morgan fingerprint density at radius 2 is 1.93 bits per heavy atom. The standard InChI is InChI=1S/C21H20N2O4/c1-15-5-4-7-17(11-15)23-21(25)13-22-20(24)8-3-2-6-16-9-10-18-19(12-16)27-14-26-18/h2-12H,13-14H2,1H3,(H,22,24)(H,23,25)/b6-2+,8-3+. The fourth-order valence-electron chi connectivity index (χ4n) is 2.48. The first-order chi connectivity index (χ1) is 13.1. The van der Waals surface area contributed by atoms with Crippen LogP contribution < -0.4 is 20.1 Å². The molecule has 2 N–H and O–H groups in total. The summed E-state index contributed by atoms with van der Waals surface area (Å²) in [5.41, 5.74) is 2.69. The second kappa shape index (κ2) is 8.71. The van der Waals surface area contributed by atoms with Crippen LogP contribution in [0, 0.1) is 6.92 Å². The molecule has 0 aliphatic carbocycles. The van der Waals surface area contributed by atoms with Crippen LogP contribution in [0.15, 0.2) is 60.7 Å². The van der Waals surface area contributed by atoms with E-state index in [1.54, 1.807) is 18.2 Å². The third-order valence-corrected chi connectivity index (χ3v) is 3.77. The lowest BCUT2D eigenvalue weighted by atomic mass is 10.2. The van der Waals surface area contributed by atoms with Crippen LogP contribution in [0.5, 0.6) is 11.5 Å². The van der Waals surface area contributed by atoms with Crippen molar-refractivity contribution >= 4 is 23.6 Å². The van der Waals surface area contributed by atoms with Gasteiger partial charge in [0.1, 0.15) is 0 Å². The summed E-state index contributed by atoms with van der Waals surface area (Å²) in [6.07, 6.45) is 6.56. The van der Waals surface area contributed by atoms with E-state index in [0.717, 1.165) is 16.9 Å². The van der Waals surface area contributed by atoms with Crippen LogP contribution >= 0.6 is 0 Å². The van der Waals surface area contributed by atoms with Crippen LogP contribution in [0.4, 0.5) is 5.69 Å². The summed E-state index contributed by atoms with van der Waals surface area (Å²) in [4.78, 5) is 23.6. The molecule has 6 heteroatoms. The zero-order valence-electron chi connectivity index (χ0n) is 14.9. The Morgan fingerprint density at radius 1 is 1.07 bits per heavy atom. The summed E-state index contributed by atoms with van der Waals surface area (Å²) in [7, 11) is 0. The van der Waals surface area contributed by atoms with Crippen LogP contribution in [-0.2, 0) is 9.59 Å². The predicted octanol–water partition coefficient (Wildman–Crippen LogP) is 3.05. The maximum atomic E-state index is 11.9. The number of anilines is 1. The molecule has 2 amide bonds. The van der Waals surface area contributed by atoms with Crippen LogP contribution in [0.2, 0.25) is 0 Å². The Balaban J connectivity index is 1.42. The van der Waals surface area contributed by atoms with Gasteiger partial charge in [-0.3, -0.25) is 9.59 Å². The lowest BCUT2D eigenvalue weighted by Crippen LogP contribution is -2.31. The summed E-state index contributed by atoms with van der Waals surface area (Å²) in [6, 6.07) is 13.1. The fraction of sp³-hybridized carbons (Fsp3) is 0.143. The van der Waals surface area contributed by atoms with Gasteiger partial charge in [-0.15, -0.1) is 0 Å². The van der Waals surface area contributed by atoms with E-state index in [0.29, 0.717) is 11.4 Å². The van der Waals surface area contributed by atoms with Crippen molar-refractivity contribution in [3.63, 3.8) is 0 Å². The van der Waals surface area contributed by atoms with Gasteiger partial charge in [-0.25, -0.2) is 0 Å². The lowest BCUT2D eigenvalue weighted by Gasteiger charge is -2.06. The average molecular weight is 364 g/mol. The van der Waals surface area contributed by atoms with Crippen molar-refractivity contribution in [2.75, 3.05) is 18.7 Å². The van der Waals surface area contributed by atoms with Crippen molar-refractivity contribution in [1.29, 1.82) is 0 Å². The first-order valence-corrected chi connectivity index (χ1v) is 8.49. The average Bonchev–Trinajstić information content (AvgIpc) is 3.11. The Hall–Kier alpha value is -3.54. The monoisotopic (exact) mass is 364 g/mol. The number of hydrogen-bond acceptors (Lipinski definition) is 4. The minimum absolute atomic E-state index is 0.0943. The second-order valence-electron chi connectivity index (χ2n) is 5.97. The summed E-state index contributed by atoms with van der Waals surface area (Å²) >= 11 is 0. The Kier molecular flexibility index (Phi) is 5.89. The summed E-state index contributed by atoms with van der Waals surface area (Å²) < 4.78 is 10.6. The highest BCUT2D eigenvalue weighted by Crippen LogP contribution is 2.32. The second-order valence-corrected chi connectivity index (χ2v) is 5.97. The first-order valence-electron chi connectivity index (χ1n) is 8.49. The number of carbonyl (C=O) groups is 2. The molecule has 0 saturated carbocycles. The molecule has 0 bridgehead atoms. The first kappa shape index (κ1) is 18.3. The maximum Gasteiger partial charge on any atom is 0.244 e. The van der Waals surface area contributed by atoms with Crippen molar-refractivity contribution in [3.8, 4) is 11.5 Å². The topological polar surface area (TPSA) is 76.7 Å². The number of hydrogen-bond donors (Lipinski definition) is 2. The van der Waals surface area contributed by atoms with Gasteiger partial charge in [-0.1, -0.05) is 36.4 Å². The minimum Gasteiger partial charge on any atom is -0.454 e. The number of ether oxygens (including phenoxy) is 2. The van der Waals surface area contributed by atoms with Crippen molar-refractivity contribution in [3.05, 3.63) is 71.8 Å². The molecule has 0 spiro atoms. The van der Waals surface area contributed by atoms with Crippen LogP contribution in [0.3, 0.4) is 0 Å². The van der Waals surface area contributed by atoms with E-state index in [1.165, 1.54) is 6.08 Å². The minimum atomic E-state index is -0.343. The highest BCUT2D eigenvalue weighted by molar-refractivity contribution is 5.96. The van der Waals surface area contributed by atoms with Crippen molar-refractivity contribution in [2.24, 2.45) is 0 Å². The van der Waals surface area contributed by atoms with Gasteiger partial charge in [-0.05, 0) is 42.3 Å². The molecule has 0 aromatic heterocycles. The van der Waals surface area contributed by atoms with Gasteiger partial charge in [0.25, 0.3) is 0 Å². The number of nitrogens with one attached hydrogen (secondary N) is 2. The van der Waals surface area contributed by atoms with Crippen LogP contribution in [0.1, 0.15) is 11.1 Å². The number of aryl methyl sites for hydroxylation is 1. The largest absolute Gasteiger partial charge is 0.454 e. The highest BCUT2D eigenvalue weighted by atomic mass is 16.7. The Bertz CT molecular complexity index is 903. The van der Waals surface area contributed by atoms with Gasteiger partial charge in [0.05, 0.1) is 6.54 Å². The molecule has 0 unspecified atom stereocenters. The van der Waals surface area contributed by atoms with E-state index in [1.807, 2.05) is 49.4 Å². The van der Waals surface area contributed by atoms with Crippen LogP contribution in [0.25, 0.3) is 6.08 Å². The van der Waals surface area contributed by atoms with E-state index in [9.17, 15) is 9.59 Å². The van der Waals surface area contributed by atoms with Gasteiger partial charge < -0.3 is 20.1 Å². The number of rotatable bonds is 6. The quantitative estimate of drug-likeness (QED) is 0.610. The number of amides is 2. The number of fused-ring (bicyclic) bond motifs is 1. The number of allylic oxidation sites excluding steroid dienone is 2. The van der Waals surface area contributed by atoms with Gasteiger partial charge in [0, 0.05) is 11.8 Å². The molecular formula is C21H20N2O4. The molecular weight excluding hydrogens is 344 g/mol. The van der Waals surface area contributed by atoms with Gasteiger partial charge >= 0.3 is 0 Å². The number of carbonyl (C=O) groups excluding carboxylic acids is 2. The molecule has 1 aliphatic rings.